The molecule has 16 heavy (non-hydrogen) atoms. The first-order valence-corrected chi connectivity index (χ1v) is 4.56. The summed E-state index contributed by atoms with van der Waals surface area (Å²) in [5, 5.41) is 19.4. The molecule has 0 amide bonds. The number of nitrogens with zero attached hydrogens (tertiary/aromatic N) is 1. The van der Waals surface area contributed by atoms with Crippen molar-refractivity contribution in [2.75, 3.05) is 7.11 Å². The maximum atomic E-state index is 10.7. The maximum Gasteiger partial charge on any atom is 0.311 e. The monoisotopic (exact) mass is 245 g/mol. The van der Waals surface area contributed by atoms with Crippen LogP contribution in [0.2, 0.25) is 5.02 Å². The molecule has 7 heteroatoms. The lowest BCUT2D eigenvalue weighted by Gasteiger charge is -2.05. The average Bonchev–Trinajstić information content (AvgIpc) is 2.19. The van der Waals surface area contributed by atoms with Crippen molar-refractivity contribution in [3.05, 3.63) is 32.8 Å². The zero-order chi connectivity index (χ0) is 12.3. The summed E-state index contributed by atoms with van der Waals surface area (Å²) >= 11 is 5.76. The van der Waals surface area contributed by atoms with Crippen LogP contribution in [0.1, 0.15) is 5.56 Å². The van der Waals surface area contributed by atoms with Crippen LogP contribution in [-0.2, 0) is 11.2 Å². The minimum Gasteiger partial charge on any atom is -0.490 e. The van der Waals surface area contributed by atoms with Crippen LogP contribution in [-0.4, -0.2) is 23.1 Å². The van der Waals surface area contributed by atoms with Crippen LogP contribution in [0.4, 0.5) is 5.69 Å². The summed E-state index contributed by atoms with van der Waals surface area (Å²) in [4.78, 5) is 20.5. The topological polar surface area (TPSA) is 89.7 Å². The van der Waals surface area contributed by atoms with Crippen molar-refractivity contribution in [3.63, 3.8) is 0 Å². The molecule has 1 rings (SSSR count). The maximum absolute atomic E-state index is 10.7. The zero-order valence-corrected chi connectivity index (χ0v) is 9.02. The summed E-state index contributed by atoms with van der Waals surface area (Å²) in [7, 11) is 1.27. The molecule has 0 saturated carbocycles. The number of hydrogen-bond acceptors (Lipinski definition) is 4. The second-order valence-corrected chi connectivity index (χ2v) is 3.35. The van der Waals surface area contributed by atoms with Crippen molar-refractivity contribution in [1.29, 1.82) is 0 Å². The van der Waals surface area contributed by atoms with Crippen molar-refractivity contribution in [2.24, 2.45) is 0 Å². The van der Waals surface area contributed by atoms with Gasteiger partial charge in [0.25, 0.3) is 0 Å². The van der Waals surface area contributed by atoms with Gasteiger partial charge in [-0.2, -0.15) is 0 Å². The fraction of sp³-hybridized carbons (Fsp3) is 0.222. The summed E-state index contributed by atoms with van der Waals surface area (Å²) in [6.45, 7) is 0. The van der Waals surface area contributed by atoms with Gasteiger partial charge in [-0.25, -0.2) is 0 Å². The molecule has 0 aliphatic carbocycles. The van der Waals surface area contributed by atoms with Gasteiger partial charge in [-0.05, 0) is 5.56 Å². The highest BCUT2D eigenvalue weighted by Crippen LogP contribution is 2.33. The third-order valence-corrected chi connectivity index (χ3v) is 2.24. The van der Waals surface area contributed by atoms with Crippen molar-refractivity contribution in [2.45, 2.75) is 6.42 Å². The van der Waals surface area contributed by atoms with E-state index in [0.717, 1.165) is 6.07 Å². The summed E-state index contributed by atoms with van der Waals surface area (Å²) in [5.74, 6) is -1.11. The molecule has 0 unspecified atom stereocenters. The third-order valence-electron chi connectivity index (χ3n) is 1.89. The normalized spacial score (nSPS) is 9.88. The van der Waals surface area contributed by atoms with E-state index < -0.39 is 10.9 Å². The van der Waals surface area contributed by atoms with E-state index in [-0.39, 0.29) is 28.4 Å². The smallest absolute Gasteiger partial charge is 0.311 e. The van der Waals surface area contributed by atoms with Crippen LogP contribution < -0.4 is 4.74 Å². The first kappa shape index (κ1) is 12.3. The predicted octanol–water partition coefficient (Wildman–Crippen LogP) is 1.88. The number of nitro benzene ring substituents is 1. The lowest BCUT2D eigenvalue weighted by Crippen LogP contribution is -2.02. The van der Waals surface area contributed by atoms with Crippen LogP contribution >= 0.6 is 11.6 Å². The number of carboxylic acids is 1. The van der Waals surface area contributed by atoms with Crippen molar-refractivity contribution in [3.8, 4) is 5.75 Å². The predicted molar refractivity (Wildman–Crippen MR) is 56.0 cm³/mol. The minimum absolute atomic E-state index is 0.00383. The first-order valence-electron chi connectivity index (χ1n) is 4.18. The van der Waals surface area contributed by atoms with Gasteiger partial charge in [0, 0.05) is 17.2 Å². The molecular weight excluding hydrogens is 238 g/mol. The molecule has 0 spiro atoms. The molecule has 0 heterocycles. The summed E-state index contributed by atoms with van der Waals surface area (Å²) < 4.78 is 4.77. The molecule has 0 aliphatic rings. The van der Waals surface area contributed by atoms with Crippen molar-refractivity contribution < 1.29 is 19.6 Å². The third kappa shape index (κ3) is 2.60. The van der Waals surface area contributed by atoms with Gasteiger partial charge in [0.2, 0.25) is 0 Å². The number of aliphatic carboxylic acids is 1. The Bertz CT molecular complexity index is 446. The number of carbonyl (C=O) groups is 1. The van der Waals surface area contributed by atoms with Gasteiger partial charge in [-0.15, -0.1) is 0 Å². The number of rotatable bonds is 4. The lowest BCUT2D eigenvalue weighted by molar-refractivity contribution is -0.385. The number of carboxylic acid groups (broad SMARTS) is 1. The van der Waals surface area contributed by atoms with Gasteiger partial charge in [-0.1, -0.05) is 11.6 Å². The number of halogens is 1. The second kappa shape index (κ2) is 4.80. The quantitative estimate of drug-likeness (QED) is 0.646. The highest BCUT2D eigenvalue weighted by atomic mass is 35.5. The van der Waals surface area contributed by atoms with E-state index in [4.69, 9.17) is 21.4 Å². The molecule has 1 N–H and O–H groups in total. The fourth-order valence-corrected chi connectivity index (χ4v) is 1.41. The molecule has 0 fully saturated rings. The van der Waals surface area contributed by atoms with Gasteiger partial charge in [0.15, 0.2) is 5.75 Å². The Labute approximate surface area is 95.6 Å². The van der Waals surface area contributed by atoms with E-state index in [9.17, 15) is 14.9 Å². The fourth-order valence-electron chi connectivity index (χ4n) is 1.19. The molecule has 0 aliphatic heterocycles. The van der Waals surface area contributed by atoms with Gasteiger partial charge < -0.3 is 9.84 Å². The summed E-state index contributed by atoms with van der Waals surface area (Å²) in [5.41, 5.74) is -0.121. The molecule has 1 aromatic carbocycles. The molecule has 1 aromatic rings. The van der Waals surface area contributed by atoms with Crippen molar-refractivity contribution in [1.82, 2.24) is 0 Å². The molecule has 0 aromatic heterocycles. The Kier molecular flexibility index (Phi) is 3.68. The van der Waals surface area contributed by atoms with Gasteiger partial charge in [-0.3, -0.25) is 14.9 Å². The van der Waals surface area contributed by atoms with Crippen LogP contribution in [0.15, 0.2) is 12.1 Å². The average molecular weight is 246 g/mol. The summed E-state index contributed by atoms with van der Waals surface area (Å²) in [6.07, 6.45) is -0.371. The highest BCUT2D eigenvalue weighted by Gasteiger charge is 2.19. The molecule has 86 valence electrons. The Morgan fingerprint density at radius 3 is 2.69 bits per heavy atom. The largest absolute Gasteiger partial charge is 0.490 e. The number of methoxy groups -OCH3 is 1. The zero-order valence-electron chi connectivity index (χ0n) is 8.27. The molecular formula is C9H8ClNO5. The minimum atomic E-state index is -1.11. The Hall–Kier alpha value is -1.82. The van der Waals surface area contributed by atoms with E-state index in [1.807, 2.05) is 0 Å². The lowest BCUT2D eigenvalue weighted by atomic mass is 10.1. The highest BCUT2D eigenvalue weighted by molar-refractivity contribution is 6.31. The van der Waals surface area contributed by atoms with E-state index in [2.05, 4.69) is 0 Å². The SMILES string of the molecule is COc1cc(Cl)c(CC(=O)O)cc1[N+](=O)[O-]. The molecule has 0 radical (unpaired) electrons. The number of hydrogen-bond donors (Lipinski definition) is 1. The summed E-state index contributed by atoms with van der Waals surface area (Å²) in [6, 6.07) is 2.34. The van der Waals surface area contributed by atoms with E-state index in [1.165, 1.54) is 13.2 Å². The van der Waals surface area contributed by atoms with Gasteiger partial charge in [0.05, 0.1) is 18.5 Å². The van der Waals surface area contributed by atoms with Gasteiger partial charge in [0.1, 0.15) is 0 Å². The number of ether oxygens (including phenoxy) is 1. The van der Waals surface area contributed by atoms with E-state index in [1.54, 1.807) is 0 Å². The Morgan fingerprint density at radius 1 is 1.62 bits per heavy atom. The number of benzene rings is 1. The van der Waals surface area contributed by atoms with Crippen LogP contribution in [0, 0.1) is 10.1 Å². The standard InChI is InChI=1S/C9H8ClNO5/c1-16-8-4-6(10)5(3-9(12)13)2-7(8)11(14)15/h2,4H,3H2,1H3,(H,12,13). The van der Waals surface area contributed by atoms with Crippen LogP contribution in [0.3, 0.4) is 0 Å². The second-order valence-electron chi connectivity index (χ2n) is 2.94. The molecule has 6 nitrogen and oxygen atoms in total. The van der Waals surface area contributed by atoms with Crippen LogP contribution in [0.25, 0.3) is 0 Å². The number of nitro groups is 1. The Balaban J connectivity index is 3.27. The molecule has 0 atom stereocenters. The van der Waals surface area contributed by atoms with E-state index >= 15 is 0 Å². The molecule has 0 bridgehead atoms. The van der Waals surface area contributed by atoms with Crippen molar-refractivity contribution >= 4 is 23.3 Å². The van der Waals surface area contributed by atoms with E-state index in [0.29, 0.717) is 0 Å². The van der Waals surface area contributed by atoms with Gasteiger partial charge >= 0.3 is 11.7 Å². The molecule has 0 saturated heterocycles. The first-order chi connectivity index (χ1) is 7.45. The Morgan fingerprint density at radius 2 is 2.25 bits per heavy atom. The van der Waals surface area contributed by atoms with Crippen LogP contribution in [0.5, 0.6) is 5.75 Å².